The van der Waals surface area contributed by atoms with E-state index in [4.69, 9.17) is 4.74 Å². The summed E-state index contributed by atoms with van der Waals surface area (Å²) in [6.45, 7) is 1.30. The van der Waals surface area contributed by atoms with Gasteiger partial charge >= 0.3 is 6.18 Å². The molecular formula is C30H24F3N3O2. The highest BCUT2D eigenvalue weighted by atomic mass is 19.4. The average Bonchev–Trinajstić information content (AvgIpc) is 2.91. The molecule has 0 unspecified atom stereocenters. The Balaban J connectivity index is 1.46. The zero-order valence-electron chi connectivity index (χ0n) is 20.5. The number of hydrogen-bond acceptors (Lipinski definition) is 4. The summed E-state index contributed by atoms with van der Waals surface area (Å²) in [4.78, 5) is 18.9. The number of rotatable bonds is 5. The minimum Gasteiger partial charge on any atom is -0.490 e. The van der Waals surface area contributed by atoms with E-state index >= 15 is 0 Å². The van der Waals surface area contributed by atoms with Crippen molar-refractivity contribution in [1.82, 2.24) is 4.98 Å². The Morgan fingerprint density at radius 2 is 1.84 bits per heavy atom. The zero-order valence-corrected chi connectivity index (χ0v) is 20.5. The number of fused-ring (bicyclic) bond motifs is 2. The van der Waals surface area contributed by atoms with E-state index in [1.54, 1.807) is 24.5 Å². The van der Waals surface area contributed by atoms with Crippen LogP contribution in [0.1, 0.15) is 16.7 Å². The van der Waals surface area contributed by atoms with E-state index in [-0.39, 0.29) is 5.91 Å². The molecular weight excluding hydrogens is 491 g/mol. The molecule has 3 aromatic carbocycles. The van der Waals surface area contributed by atoms with E-state index in [0.29, 0.717) is 29.2 Å². The van der Waals surface area contributed by atoms with Crippen LogP contribution in [0.25, 0.3) is 16.3 Å². The Kier molecular flexibility index (Phi) is 6.87. The van der Waals surface area contributed by atoms with Gasteiger partial charge in [0.1, 0.15) is 12.4 Å². The fourth-order valence-electron chi connectivity index (χ4n) is 4.36. The van der Waals surface area contributed by atoms with E-state index in [1.165, 1.54) is 18.2 Å². The molecule has 0 aliphatic carbocycles. The van der Waals surface area contributed by atoms with Crippen molar-refractivity contribution in [3.05, 3.63) is 114 Å². The standard InChI is InChI=1S/C30H24F3N3O2/c1-36-16-17-38-28-18-21(10-13-27(28)36)24(20-8-11-23(12-9-20)30(31,32)33)5-3-7-29(37)35-26-6-2-4-22-19-34-15-14-25(22)26/h2-15,18-19H,16-17H2,1H3,(H,35,37). The highest BCUT2D eigenvalue weighted by molar-refractivity contribution is 6.06. The lowest BCUT2D eigenvalue weighted by Crippen LogP contribution is -2.28. The highest BCUT2D eigenvalue weighted by Gasteiger charge is 2.30. The summed E-state index contributed by atoms with van der Waals surface area (Å²) in [6, 6.07) is 18.0. The monoisotopic (exact) mass is 515 g/mol. The van der Waals surface area contributed by atoms with E-state index in [9.17, 15) is 18.0 Å². The first-order valence-electron chi connectivity index (χ1n) is 12.0. The number of ether oxygens (including phenoxy) is 1. The molecule has 0 radical (unpaired) electrons. The van der Waals surface area contributed by atoms with Crippen LogP contribution < -0.4 is 15.0 Å². The molecule has 8 heteroatoms. The normalized spacial score (nSPS) is 13.9. The molecule has 2 heterocycles. The number of pyridine rings is 1. The van der Waals surface area contributed by atoms with Crippen molar-refractivity contribution in [1.29, 1.82) is 0 Å². The Labute approximate surface area is 217 Å². The van der Waals surface area contributed by atoms with Crippen LogP contribution in [-0.2, 0) is 11.0 Å². The number of halogens is 3. The predicted octanol–water partition coefficient (Wildman–Crippen LogP) is 6.71. The number of alkyl halides is 3. The van der Waals surface area contributed by atoms with Crippen molar-refractivity contribution in [2.45, 2.75) is 6.18 Å². The third kappa shape index (κ3) is 5.39. The maximum absolute atomic E-state index is 13.1. The molecule has 1 N–H and O–H groups in total. The summed E-state index contributed by atoms with van der Waals surface area (Å²) in [7, 11) is 1.97. The van der Waals surface area contributed by atoms with Gasteiger partial charge < -0.3 is 15.0 Å². The lowest BCUT2D eigenvalue weighted by molar-refractivity contribution is -0.137. The van der Waals surface area contributed by atoms with Gasteiger partial charge in [0.25, 0.3) is 0 Å². The number of carbonyl (C=O) groups is 1. The summed E-state index contributed by atoms with van der Waals surface area (Å²) in [5, 5.41) is 4.64. The van der Waals surface area contributed by atoms with Gasteiger partial charge in [0.05, 0.1) is 17.8 Å². The first-order chi connectivity index (χ1) is 18.3. The summed E-state index contributed by atoms with van der Waals surface area (Å²) in [6.07, 6.45) is 3.63. The van der Waals surface area contributed by atoms with E-state index in [1.807, 2.05) is 49.5 Å². The quantitative estimate of drug-likeness (QED) is 0.237. The van der Waals surface area contributed by atoms with Crippen LogP contribution >= 0.6 is 0 Å². The lowest BCUT2D eigenvalue weighted by atomic mass is 9.95. The molecule has 0 atom stereocenters. The number of nitrogens with zero attached hydrogens (tertiary/aromatic N) is 2. The van der Waals surface area contributed by atoms with E-state index in [2.05, 4.69) is 15.2 Å². The Bertz CT molecular complexity index is 1540. The minimum atomic E-state index is -4.43. The Hall–Kier alpha value is -4.59. The number of carbonyl (C=O) groups excluding carboxylic acids is 1. The maximum atomic E-state index is 13.1. The summed E-state index contributed by atoms with van der Waals surface area (Å²) >= 11 is 0. The van der Waals surface area contributed by atoms with E-state index < -0.39 is 11.7 Å². The Morgan fingerprint density at radius 3 is 2.63 bits per heavy atom. The van der Waals surface area contributed by atoms with Crippen molar-refractivity contribution in [2.75, 3.05) is 30.4 Å². The minimum absolute atomic E-state index is 0.340. The second-order valence-electron chi connectivity index (χ2n) is 8.86. The molecule has 1 aliphatic rings. The van der Waals surface area contributed by atoms with Gasteiger partial charge in [0.15, 0.2) is 0 Å². The molecule has 38 heavy (non-hydrogen) atoms. The molecule has 5 nitrogen and oxygen atoms in total. The van der Waals surface area contributed by atoms with Crippen molar-refractivity contribution in [3.63, 3.8) is 0 Å². The van der Waals surface area contributed by atoms with Crippen LogP contribution in [0.15, 0.2) is 97.4 Å². The summed E-state index contributed by atoms with van der Waals surface area (Å²) in [5.74, 6) is 0.356. The predicted molar refractivity (Wildman–Crippen MR) is 143 cm³/mol. The van der Waals surface area contributed by atoms with Crippen molar-refractivity contribution >= 4 is 33.6 Å². The zero-order chi connectivity index (χ0) is 26.7. The number of benzene rings is 3. The SMILES string of the molecule is CN1CCOc2cc(C(=CC=CC(=O)Nc3cccc4cnccc34)c3ccc(C(F)(F)F)cc3)ccc21. The average molecular weight is 516 g/mol. The molecule has 0 saturated carbocycles. The van der Waals surface area contributed by atoms with Gasteiger partial charge in [-0.05, 0) is 53.1 Å². The fraction of sp³-hybridized carbons (Fsp3) is 0.133. The molecule has 1 aliphatic heterocycles. The van der Waals surface area contributed by atoms with E-state index in [0.717, 1.165) is 40.7 Å². The van der Waals surface area contributed by atoms with Gasteiger partial charge in [-0.3, -0.25) is 9.78 Å². The molecule has 1 amide bonds. The van der Waals surface area contributed by atoms with Crippen LogP contribution in [0.5, 0.6) is 5.75 Å². The van der Waals surface area contributed by atoms with Crippen LogP contribution in [0, 0.1) is 0 Å². The molecule has 0 saturated heterocycles. The first-order valence-corrected chi connectivity index (χ1v) is 12.0. The largest absolute Gasteiger partial charge is 0.490 e. The molecule has 4 aromatic rings. The molecule has 0 spiro atoms. The summed E-state index contributed by atoms with van der Waals surface area (Å²) in [5.41, 5.74) is 2.85. The van der Waals surface area contributed by atoms with Crippen LogP contribution in [-0.4, -0.2) is 31.1 Å². The molecule has 192 valence electrons. The first kappa shape index (κ1) is 25.1. The molecule has 0 bridgehead atoms. The number of aromatic nitrogens is 1. The third-order valence-corrected chi connectivity index (χ3v) is 6.34. The topological polar surface area (TPSA) is 54.5 Å². The number of likely N-dealkylation sites (N-methyl/N-ethyl adjacent to an activating group) is 1. The van der Waals surface area contributed by atoms with Gasteiger partial charge in [-0.25, -0.2) is 0 Å². The molecule has 1 aromatic heterocycles. The fourth-order valence-corrected chi connectivity index (χ4v) is 4.36. The number of hydrogen-bond donors (Lipinski definition) is 1. The summed E-state index contributed by atoms with van der Waals surface area (Å²) < 4.78 is 45.3. The van der Waals surface area contributed by atoms with Gasteiger partial charge in [-0.15, -0.1) is 0 Å². The van der Waals surface area contributed by atoms with Crippen molar-refractivity contribution in [2.24, 2.45) is 0 Å². The Morgan fingerprint density at radius 1 is 1.05 bits per heavy atom. The maximum Gasteiger partial charge on any atom is 0.416 e. The van der Waals surface area contributed by atoms with Gasteiger partial charge in [0.2, 0.25) is 5.91 Å². The van der Waals surface area contributed by atoms with Crippen LogP contribution in [0.4, 0.5) is 24.5 Å². The number of anilines is 2. The van der Waals surface area contributed by atoms with Gasteiger partial charge in [-0.2, -0.15) is 13.2 Å². The number of amides is 1. The van der Waals surface area contributed by atoms with Gasteiger partial charge in [-0.1, -0.05) is 42.5 Å². The lowest BCUT2D eigenvalue weighted by Gasteiger charge is -2.28. The number of allylic oxidation sites excluding steroid dienone is 2. The second-order valence-corrected chi connectivity index (χ2v) is 8.86. The van der Waals surface area contributed by atoms with Gasteiger partial charge in [0, 0.05) is 42.0 Å². The second kappa shape index (κ2) is 10.4. The van der Waals surface area contributed by atoms with Crippen LogP contribution in [0.2, 0.25) is 0 Å². The molecule has 0 fully saturated rings. The molecule has 5 rings (SSSR count). The number of nitrogens with one attached hydrogen (secondary N) is 1. The van der Waals surface area contributed by atoms with Crippen molar-refractivity contribution < 1.29 is 22.7 Å². The van der Waals surface area contributed by atoms with Crippen LogP contribution in [0.3, 0.4) is 0 Å². The highest BCUT2D eigenvalue weighted by Crippen LogP contribution is 2.36. The third-order valence-electron chi connectivity index (χ3n) is 6.34. The van der Waals surface area contributed by atoms with Crippen molar-refractivity contribution in [3.8, 4) is 5.75 Å². The smallest absolute Gasteiger partial charge is 0.416 e.